The fourth-order valence-electron chi connectivity index (χ4n) is 7.74. The zero-order valence-corrected chi connectivity index (χ0v) is 33.4. The third-order valence-electron chi connectivity index (χ3n) is 11.0. The van der Waals surface area contributed by atoms with E-state index in [1.165, 1.54) is 7.11 Å². The van der Waals surface area contributed by atoms with Crippen LogP contribution in [0.15, 0.2) is 30.3 Å². The molecule has 1 aliphatic rings. The number of ether oxygens (including phenoxy) is 2. The Morgan fingerprint density at radius 1 is 0.962 bits per heavy atom. The number of ketones is 1. The molecule has 294 valence electrons. The summed E-state index contributed by atoms with van der Waals surface area (Å²) < 4.78 is 11.9. The van der Waals surface area contributed by atoms with Gasteiger partial charge in [0.2, 0.25) is 17.7 Å². The predicted octanol–water partition coefficient (Wildman–Crippen LogP) is 4.19. The van der Waals surface area contributed by atoms with Gasteiger partial charge in [-0.15, -0.1) is 0 Å². The quantitative estimate of drug-likeness (QED) is 0.159. The number of Topliss-reactive ketones (excluding diaryl/α,β-unsaturated/α-hetero) is 1. The Morgan fingerprint density at radius 2 is 1.60 bits per heavy atom. The van der Waals surface area contributed by atoms with E-state index in [1.807, 2.05) is 71.9 Å². The maximum atomic E-state index is 14.2. The van der Waals surface area contributed by atoms with Crippen LogP contribution in [-0.2, 0) is 39.9 Å². The van der Waals surface area contributed by atoms with Crippen LogP contribution in [0.2, 0.25) is 0 Å². The van der Waals surface area contributed by atoms with E-state index in [0.29, 0.717) is 13.0 Å². The van der Waals surface area contributed by atoms with Crippen molar-refractivity contribution < 1.29 is 38.6 Å². The van der Waals surface area contributed by atoms with E-state index in [1.54, 1.807) is 37.9 Å². The van der Waals surface area contributed by atoms with Crippen LogP contribution >= 0.6 is 0 Å². The first-order chi connectivity index (χ1) is 24.5. The molecule has 3 amide bonds. The van der Waals surface area contributed by atoms with Crippen LogP contribution in [0.5, 0.6) is 0 Å². The van der Waals surface area contributed by atoms with Gasteiger partial charge < -0.3 is 35.0 Å². The number of carbonyl (C=O) groups excluding carboxylic acids is 4. The summed E-state index contributed by atoms with van der Waals surface area (Å²) >= 11 is 0. The summed E-state index contributed by atoms with van der Waals surface area (Å²) in [5.74, 6) is -3.20. The maximum Gasteiger partial charge on any atom is 0.326 e. The van der Waals surface area contributed by atoms with Crippen molar-refractivity contribution in [3.63, 3.8) is 0 Å². The molecular weight excluding hydrogens is 664 g/mol. The molecule has 12 nitrogen and oxygen atoms in total. The maximum absolute atomic E-state index is 14.2. The first kappa shape index (κ1) is 44.8. The third-order valence-corrected chi connectivity index (χ3v) is 11.0. The van der Waals surface area contributed by atoms with Crippen molar-refractivity contribution in [3.8, 4) is 0 Å². The van der Waals surface area contributed by atoms with E-state index in [0.717, 1.165) is 18.4 Å². The first-order valence-corrected chi connectivity index (χ1v) is 18.9. The molecule has 0 bridgehead atoms. The smallest absolute Gasteiger partial charge is 0.326 e. The van der Waals surface area contributed by atoms with Crippen molar-refractivity contribution in [3.05, 3.63) is 35.9 Å². The second kappa shape index (κ2) is 21.4. The average Bonchev–Trinajstić information content (AvgIpc) is 3.59. The number of nitrogens with one attached hydrogen (secondary N) is 2. The third kappa shape index (κ3) is 11.8. The summed E-state index contributed by atoms with van der Waals surface area (Å²) in [5.41, 5.74) is 0.788. The number of nitrogens with zero attached hydrogens (tertiary/aromatic N) is 2. The molecular formula is C40H66N4O8. The molecule has 9 atom stereocenters. The van der Waals surface area contributed by atoms with E-state index in [2.05, 4.69) is 10.6 Å². The highest BCUT2D eigenvalue weighted by Gasteiger charge is 2.43. The second-order valence-corrected chi connectivity index (χ2v) is 15.2. The summed E-state index contributed by atoms with van der Waals surface area (Å²) in [6.45, 7) is 14.1. The Morgan fingerprint density at radius 3 is 2.10 bits per heavy atom. The molecule has 0 radical (unpaired) electrons. The predicted molar refractivity (Wildman–Crippen MR) is 201 cm³/mol. The Balaban J connectivity index is 2.26. The molecule has 1 aromatic carbocycles. The SMILES string of the molecule is CC[C@H](C)[C@@H]([C@@H](CC(=O)N1CCC[C@H]1[C@H](OC)[C@@H](C)C(=O)N[C@@H](Cc1ccccc1)C(=O)O)OC)N(C)C(=O)[C@@H](CC(=O)[C@@H](NC)C(C)C)C(C)C. The number of likely N-dealkylation sites (N-methyl/N-ethyl adjacent to an activating group) is 2. The van der Waals surface area contributed by atoms with Crippen molar-refractivity contribution >= 4 is 29.5 Å². The lowest BCUT2D eigenvalue weighted by molar-refractivity contribution is -0.149. The topological polar surface area (TPSA) is 155 Å². The van der Waals surface area contributed by atoms with Gasteiger partial charge in [-0.1, -0.05) is 85.2 Å². The monoisotopic (exact) mass is 730 g/mol. The molecule has 1 aromatic rings. The van der Waals surface area contributed by atoms with Crippen LogP contribution in [0.4, 0.5) is 0 Å². The molecule has 1 aliphatic heterocycles. The van der Waals surface area contributed by atoms with Crippen LogP contribution in [0.3, 0.4) is 0 Å². The van der Waals surface area contributed by atoms with Crippen LogP contribution < -0.4 is 10.6 Å². The molecule has 0 aromatic heterocycles. The molecule has 0 aliphatic carbocycles. The van der Waals surface area contributed by atoms with Gasteiger partial charge in [0.1, 0.15) is 6.04 Å². The van der Waals surface area contributed by atoms with Gasteiger partial charge >= 0.3 is 5.97 Å². The van der Waals surface area contributed by atoms with Crippen molar-refractivity contribution in [1.82, 2.24) is 20.4 Å². The van der Waals surface area contributed by atoms with E-state index in [4.69, 9.17) is 9.47 Å². The highest BCUT2D eigenvalue weighted by atomic mass is 16.5. The lowest BCUT2D eigenvalue weighted by Gasteiger charge is -2.41. The molecule has 0 saturated carbocycles. The Bertz CT molecular complexity index is 1310. The minimum absolute atomic E-state index is 0.00173. The zero-order chi connectivity index (χ0) is 39.3. The minimum atomic E-state index is -1.13. The fraction of sp³-hybridized carbons (Fsp3) is 0.725. The second-order valence-electron chi connectivity index (χ2n) is 15.2. The van der Waals surface area contributed by atoms with Gasteiger partial charge in [0.25, 0.3) is 0 Å². The van der Waals surface area contributed by atoms with Crippen LogP contribution in [0.25, 0.3) is 0 Å². The van der Waals surface area contributed by atoms with E-state index in [-0.39, 0.29) is 60.7 Å². The van der Waals surface area contributed by atoms with E-state index in [9.17, 15) is 29.1 Å². The Kier molecular flexibility index (Phi) is 18.4. The van der Waals surface area contributed by atoms with E-state index < -0.39 is 54.0 Å². The highest BCUT2D eigenvalue weighted by molar-refractivity contribution is 5.90. The lowest BCUT2D eigenvalue weighted by atomic mass is 9.84. The number of amides is 3. The normalized spacial score (nSPS) is 19.3. The summed E-state index contributed by atoms with van der Waals surface area (Å²) in [6, 6.07) is 6.80. The largest absolute Gasteiger partial charge is 0.480 e. The number of hydrogen-bond donors (Lipinski definition) is 3. The van der Waals surface area contributed by atoms with Crippen molar-refractivity contribution in [2.75, 3.05) is 34.9 Å². The minimum Gasteiger partial charge on any atom is -0.480 e. The van der Waals surface area contributed by atoms with Crippen molar-refractivity contribution in [2.45, 2.75) is 123 Å². The van der Waals surface area contributed by atoms with Gasteiger partial charge in [-0.05, 0) is 43.2 Å². The van der Waals surface area contributed by atoms with Crippen molar-refractivity contribution in [2.24, 2.45) is 29.6 Å². The highest BCUT2D eigenvalue weighted by Crippen LogP contribution is 2.31. The summed E-state index contributed by atoms with van der Waals surface area (Å²) in [6.07, 6.45) is 1.03. The van der Waals surface area contributed by atoms with Gasteiger partial charge in [-0.25, -0.2) is 4.79 Å². The number of rotatable bonds is 22. The van der Waals surface area contributed by atoms with Gasteiger partial charge in [0.05, 0.1) is 42.7 Å². The van der Waals surface area contributed by atoms with Crippen LogP contribution in [0, 0.1) is 29.6 Å². The summed E-state index contributed by atoms with van der Waals surface area (Å²) in [5, 5.41) is 15.6. The number of likely N-dealkylation sites (tertiary alicyclic amines) is 1. The number of carboxylic acid groups (broad SMARTS) is 1. The summed E-state index contributed by atoms with van der Waals surface area (Å²) in [4.78, 5) is 70.6. The van der Waals surface area contributed by atoms with Gasteiger partial charge in [0.15, 0.2) is 5.78 Å². The number of methoxy groups -OCH3 is 2. The fourth-order valence-corrected chi connectivity index (χ4v) is 7.74. The number of hydrogen-bond acceptors (Lipinski definition) is 8. The molecule has 0 unspecified atom stereocenters. The molecule has 0 spiro atoms. The first-order valence-electron chi connectivity index (χ1n) is 18.9. The molecule has 2 rings (SSSR count). The summed E-state index contributed by atoms with van der Waals surface area (Å²) in [7, 11) is 6.56. The number of carboxylic acids is 1. The Labute approximate surface area is 311 Å². The molecule has 52 heavy (non-hydrogen) atoms. The number of carbonyl (C=O) groups is 5. The van der Waals surface area contributed by atoms with Crippen molar-refractivity contribution in [1.29, 1.82) is 0 Å². The van der Waals surface area contributed by atoms with Gasteiger partial charge in [-0.3, -0.25) is 19.2 Å². The number of benzene rings is 1. The molecule has 1 saturated heterocycles. The average molecular weight is 731 g/mol. The molecule has 1 fully saturated rings. The van der Waals surface area contributed by atoms with E-state index >= 15 is 0 Å². The zero-order valence-electron chi connectivity index (χ0n) is 33.4. The van der Waals surface area contributed by atoms with Crippen LogP contribution in [0.1, 0.15) is 86.1 Å². The molecule has 1 heterocycles. The van der Waals surface area contributed by atoms with Crippen LogP contribution in [-0.4, -0.2) is 116 Å². The standard InChI is InChI=1S/C40H66N4O8/c1-12-26(6)36(43(9)39(48)29(24(2)3)22-32(45)35(41-8)25(4)5)33(51-10)23-34(46)44-20-16-19-31(44)37(52-11)27(7)38(47)42-30(40(49)50)21-28-17-14-13-15-18-28/h13-15,17-18,24-27,29-31,33,35-37,41H,12,16,19-23H2,1-11H3,(H,42,47)(H,49,50)/t26-,27+,29-,30-,31-,33+,35-,36-,37+/m0/s1. The van der Waals surface area contributed by atoms with Gasteiger partial charge in [-0.2, -0.15) is 0 Å². The Hall–Kier alpha value is -3.35. The molecule has 3 N–H and O–H groups in total. The lowest BCUT2D eigenvalue weighted by Crippen LogP contribution is -2.55. The van der Waals surface area contributed by atoms with Gasteiger partial charge in [0, 0.05) is 46.6 Å². The molecule has 12 heteroatoms. The number of aliphatic carboxylic acids is 1.